The number of allylic oxidation sites excluding steroid dienone is 2. The summed E-state index contributed by atoms with van der Waals surface area (Å²) in [7, 11) is 0. The number of aliphatic hydroxyl groups is 1. The van der Waals surface area contributed by atoms with E-state index in [4.69, 9.17) is 4.84 Å². The maximum absolute atomic E-state index is 12.5. The van der Waals surface area contributed by atoms with Crippen LogP contribution in [0.4, 0.5) is 0 Å². The highest BCUT2D eigenvalue weighted by atomic mass is 16.6. The summed E-state index contributed by atoms with van der Waals surface area (Å²) in [5, 5.41) is 27.6. The molecule has 0 heterocycles. The monoisotopic (exact) mass is 536 g/mol. The van der Waals surface area contributed by atoms with Crippen molar-refractivity contribution in [2.45, 2.75) is 83.8 Å². The summed E-state index contributed by atoms with van der Waals surface area (Å²) < 4.78 is 0. The maximum atomic E-state index is 12.5. The topological polar surface area (TPSA) is 125 Å². The number of oxime groups is 1. The smallest absolute Gasteiger partial charge is 0.330 e. The second-order valence-electron chi connectivity index (χ2n) is 12.5. The van der Waals surface area contributed by atoms with Gasteiger partial charge in [-0.1, -0.05) is 54.9 Å². The fraction of sp³-hybridized carbons (Fsp3) is 0.613. The molecule has 4 aliphatic rings. The Hall–Kier alpha value is -3.00. The van der Waals surface area contributed by atoms with Crippen molar-refractivity contribution in [3.05, 3.63) is 47.5 Å². The standard InChI is InChI=1S/C31H40N2O6/c1-19(34)31(38)16-13-25-23-10-9-21-17-22(11-14-29(21,2)24(23)12-15-30(25,31)3)33-39-18-26(35)32-27(28(36)37)20-7-5-4-6-8-20/h4-8,17,23-25,27,38H,9-16,18H2,1-3H3,(H,32,35)(H,36,37)/b33-22-/t23?,24?,25?,27?,29-,30-,31-/m0/s1. The van der Waals surface area contributed by atoms with Crippen LogP contribution in [0.5, 0.6) is 0 Å². The summed E-state index contributed by atoms with van der Waals surface area (Å²) in [6.07, 6.45) is 9.21. The fourth-order valence-corrected chi connectivity index (χ4v) is 8.55. The molecule has 0 radical (unpaired) electrons. The van der Waals surface area contributed by atoms with Crippen LogP contribution in [0.15, 0.2) is 47.1 Å². The zero-order chi connectivity index (χ0) is 28.0. The van der Waals surface area contributed by atoms with Gasteiger partial charge in [0.2, 0.25) is 0 Å². The molecular formula is C31H40N2O6. The van der Waals surface area contributed by atoms with Crippen molar-refractivity contribution in [1.29, 1.82) is 0 Å². The third kappa shape index (κ3) is 4.60. The zero-order valence-electron chi connectivity index (χ0n) is 23.1. The molecule has 0 spiro atoms. The maximum Gasteiger partial charge on any atom is 0.330 e. The molecule has 4 unspecified atom stereocenters. The highest BCUT2D eigenvalue weighted by Gasteiger charge is 2.65. The van der Waals surface area contributed by atoms with E-state index in [2.05, 4.69) is 30.4 Å². The van der Waals surface area contributed by atoms with Crippen molar-refractivity contribution in [3.63, 3.8) is 0 Å². The van der Waals surface area contributed by atoms with E-state index in [1.807, 2.05) is 0 Å². The highest BCUT2D eigenvalue weighted by Crippen LogP contribution is 2.67. The van der Waals surface area contributed by atoms with E-state index in [0.29, 0.717) is 29.7 Å². The SMILES string of the molecule is CC(=O)[C@@]1(O)CCC2C3CCC4=C/C(=N\OCC(=O)NC(C(=O)O)c5ccccc5)CC[C@]4(C)C3CC[C@@]21C. The summed E-state index contributed by atoms with van der Waals surface area (Å²) in [6.45, 7) is 5.70. The Bertz CT molecular complexity index is 1210. The number of Topliss-reactive ketones (excluding diaryl/α,β-unsaturated/α-hetero) is 1. The third-order valence-electron chi connectivity index (χ3n) is 10.8. The highest BCUT2D eigenvalue weighted by molar-refractivity contribution is 5.96. The zero-order valence-corrected chi connectivity index (χ0v) is 23.1. The minimum atomic E-state index is -1.19. The van der Waals surface area contributed by atoms with Crippen molar-refractivity contribution in [2.24, 2.45) is 33.7 Å². The molecule has 3 saturated carbocycles. The Morgan fingerprint density at radius 3 is 2.46 bits per heavy atom. The first-order valence-electron chi connectivity index (χ1n) is 14.2. The molecule has 0 aromatic heterocycles. The van der Waals surface area contributed by atoms with E-state index >= 15 is 0 Å². The van der Waals surface area contributed by atoms with Crippen LogP contribution in [0.1, 0.15) is 83.7 Å². The second kappa shape index (κ2) is 10.2. The van der Waals surface area contributed by atoms with Gasteiger partial charge in [0.15, 0.2) is 18.4 Å². The lowest BCUT2D eigenvalue weighted by Gasteiger charge is -2.59. The molecule has 3 N–H and O–H groups in total. The minimum Gasteiger partial charge on any atom is -0.479 e. The summed E-state index contributed by atoms with van der Waals surface area (Å²) in [5.74, 6) is -0.380. The molecule has 1 amide bonds. The van der Waals surface area contributed by atoms with Crippen LogP contribution < -0.4 is 5.32 Å². The number of fused-ring (bicyclic) bond motifs is 5. The third-order valence-corrected chi connectivity index (χ3v) is 10.8. The number of amides is 1. The summed E-state index contributed by atoms with van der Waals surface area (Å²) in [6, 6.07) is 7.40. The average molecular weight is 537 g/mol. The number of nitrogens with one attached hydrogen (secondary N) is 1. The summed E-state index contributed by atoms with van der Waals surface area (Å²) in [4.78, 5) is 41.9. The number of carbonyl (C=O) groups excluding carboxylic acids is 2. The molecule has 210 valence electrons. The lowest BCUT2D eigenvalue weighted by atomic mass is 9.46. The molecule has 1 aromatic carbocycles. The van der Waals surface area contributed by atoms with Crippen LogP contribution in [-0.4, -0.2) is 45.8 Å². The number of benzene rings is 1. The van der Waals surface area contributed by atoms with Gasteiger partial charge >= 0.3 is 5.97 Å². The van der Waals surface area contributed by atoms with Crippen molar-refractivity contribution in [1.82, 2.24) is 5.32 Å². The number of carbonyl (C=O) groups is 3. The molecular weight excluding hydrogens is 496 g/mol. The van der Waals surface area contributed by atoms with E-state index in [0.717, 1.165) is 50.7 Å². The lowest BCUT2D eigenvalue weighted by Crippen LogP contribution is -2.57. The molecule has 5 rings (SSSR count). The Morgan fingerprint density at radius 2 is 1.77 bits per heavy atom. The quantitative estimate of drug-likeness (QED) is 0.438. The van der Waals surface area contributed by atoms with Gasteiger partial charge in [0.05, 0.1) is 5.71 Å². The van der Waals surface area contributed by atoms with Gasteiger partial charge in [-0.3, -0.25) is 9.59 Å². The van der Waals surface area contributed by atoms with Gasteiger partial charge in [0, 0.05) is 5.41 Å². The van der Waals surface area contributed by atoms with Gasteiger partial charge in [0.25, 0.3) is 5.91 Å². The molecule has 3 fully saturated rings. The molecule has 39 heavy (non-hydrogen) atoms. The summed E-state index contributed by atoms with van der Waals surface area (Å²) >= 11 is 0. The van der Waals surface area contributed by atoms with E-state index in [1.54, 1.807) is 37.3 Å². The molecule has 0 bridgehead atoms. The van der Waals surface area contributed by atoms with E-state index < -0.39 is 23.5 Å². The molecule has 8 nitrogen and oxygen atoms in total. The predicted octanol–water partition coefficient (Wildman–Crippen LogP) is 4.58. The molecule has 1 aromatic rings. The van der Waals surface area contributed by atoms with Crippen LogP contribution in [-0.2, 0) is 19.2 Å². The Balaban J connectivity index is 1.23. The first kappa shape index (κ1) is 27.6. The number of ketones is 1. The molecule has 7 atom stereocenters. The molecule has 8 heteroatoms. The van der Waals surface area contributed by atoms with Crippen LogP contribution in [0.2, 0.25) is 0 Å². The fourth-order valence-electron chi connectivity index (χ4n) is 8.55. The first-order valence-corrected chi connectivity index (χ1v) is 14.2. The van der Waals surface area contributed by atoms with Crippen LogP contribution in [0.3, 0.4) is 0 Å². The van der Waals surface area contributed by atoms with Gasteiger partial charge in [-0.25, -0.2) is 4.79 Å². The van der Waals surface area contributed by atoms with E-state index in [9.17, 15) is 24.6 Å². The number of rotatable bonds is 7. The molecule has 0 saturated heterocycles. The Morgan fingerprint density at radius 1 is 1.05 bits per heavy atom. The largest absolute Gasteiger partial charge is 0.479 e. The van der Waals surface area contributed by atoms with Gasteiger partial charge in [-0.05, 0) is 93.1 Å². The second-order valence-corrected chi connectivity index (χ2v) is 12.5. The van der Waals surface area contributed by atoms with Crippen molar-refractivity contribution in [3.8, 4) is 0 Å². The van der Waals surface area contributed by atoms with Gasteiger partial charge in [0.1, 0.15) is 5.60 Å². The van der Waals surface area contributed by atoms with Crippen LogP contribution >= 0.6 is 0 Å². The van der Waals surface area contributed by atoms with Gasteiger partial charge in [-0.15, -0.1) is 0 Å². The molecule has 0 aliphatic heterocycles. The molecule has 4 aliphatic carbocycles. The normalized spacial score (nSPS) is 37.1. The number of carboxylic acid groups (broad SMARTS) is 1. The Kier molecular flexibility index (Phi) is 7.20. The Labute approximate surface area is 229 Å². The van der Waals surface area contributed by atoms with E-state index in [-0.39, 0.29) is 23.2 Å². The first-order chi connectivity index (χ1) is 18.5. The van der Waals surface area contributed by atoms with Gasteiger partial charge in [-0.2, -0.15) is 0 Å². The van der Waals surface area contributed by atoms with Crippen molar-refractivity contribution < 1.29 is 29.4 Å². The average Bonchev–Trinajstić information content (AvgIpc) is 3.19. The lowest BCUT2D eigenvalue weighted by molar-refractivity contribution is -0.159. The number of nitrogens with zero attached hydrogens (tertiary/aromatic N) is 1. The summed E-state index contributed by atoms with van der Waals surface area (Å²) in [5.41, 5.74) is 1.19. The number of carboxylic acids is 1. The predicted molar refractivity (Wildman–Crippen MR) is 146 cm³/mol. The van der Waals surface area contributed by atoms with Crippen LogP contribution in [0.25, 0.3) is 0 Å². The van der Waals surface area contributed by atoms with Gasteiger partial charge < -0.3 is 20.4 Å². The van der Waals surface area contributed by atoms with Crippen LogP contribution in [0, 0.1) is 28.6 Å². The van der Waals surface area contributed by atoms with E-state index in [1.165, 1.54) is 5.57 Å². The van der Waals surface area contributed by atoms with Crippen molar-refractivity contribution in [2.75, 3.05) is 6.61 Å². The minimum absolute atomic E-state index is 0.0575. The number of hydrogen-bond donors (Lipinski definition) is 3. The van der Waals surface area contributed by atoms with Crippen molar-refractivity contribution >= 4 is 23.4 Å². The number of hydrogen-bond acceptors (Lipinski definition) is 6. The number of aliphatic carboxylic acids is 1.